The van der Waals surface area contributed by atoms with Gasteiger partial charge in [0.2, 0.25) is 0 Å². The summed E-state index contributed by atoms with van der Waals surface area (Å²) in [6, 6.07) is 7.35. The molecule has 130 valence electrons. The summed E-state index contributed by atoms with van der Waals surface area (Å²) in [4.78, 5) is 12.5. The lowest BCUT2D eigenvalue weighted by Crippen LogP contribution is -2.48. The molecule has 0 radical (unpaired) electrons. The first-order valence-corrected chi connectivity index (χ1v) is 9.33. The Kier molecular flexibility index (Phi) is 3.43. The number of carbonyl (C=O) groups excluding carboxylic acids is 1. The van der Waals surface area contributed by atoms with E-state index in [1.807, 2.05) is 12.1 Å². The minimum absolute atomic E-state index is 0.208. The number of ether oxygens (including phenoxy) is 1. The van der Waals surface area contributed by atoms with Crippen molar-refractivity contribution < 1.29 is 9.53 Å². The fraction of sp³-hybridized carbons (Fsp3) is 0.550. The van der Waals surface area contributed by atoms with E-state index in [9.17, 15) is 4.79 Å². The van der Waals surface area contributed by atoms with Crippen LogP contribution < -0.4 is 0 Å². The summed E-state index contributed by atoms with van der Waals surface area (Å²) in [7, 11) is 0. The molecule has 4 fully saturated rings. The summed E-state index contributed by atoms with van der Waals surface area (Å²) >= 11 is 0. The fourth-order valence-electron chi connectivity index (χ4n) is 5.86. The van der Waals surface area contributed by atoms with Gasteiger partial charge in [-0.15, -0.1) is 5.10 Å². The molecule has 4 aliphatic carbocycles. The predicted octanol–water partition coefficient (Wildman–Crippen LogP) is 3.64. The van der Waals surface area contributed by atoms with Crippen LogP contribution in [-0.4, -0.2) is 27.6 Å². The second kappa shape index (κ2) is 5.68. The number of hydrogen-bond acceptors (Lipinski definition) is 4. The van der Waals surface area contributed by atoms with E-state index in [0.717, 1.165) is 23.4 Å². The van der Waals surface area contributed by atoms with Crippen molar-refractivity contribution >= 4 is 5.97 Å². The zero-order valence-electron chi connectivity index (χ0n) is 14.3. The Bertz CT molecular complexity index is 731. The minimum Gasteiger partial charge on any atom is -0.462 e. The van der Waals surface area contributed by atoms with Gasteiger partial charge in [0.25, 0.3) is 0 Å². The number of nitrogens with zero attached hydrogens (tertiary/aromatic N) is 3. The summed E-state index contributed by atoms with van der Waals surface area (Å²) < 4.78 is 7.44. The second-order valence-corrected chi connectivity index (χ2v) is 8.39. The highest BCUT2D eigenvalue weighted by atomic mass is 16.5. The van der Waals surface area contributed by atoms with Gasteiger partial charge in [0.05, 0.1) is 30.3 Å². The number of benzene rings is 1. The molecule has 1 aromatic heterocycles. The molecular formula is C20H23N3O2. The van der Waals surface area contributed by atoms with E-state index >= 15 is 0 Å². The molecule has 4 saturated carbocycles. The van der Waals surface area contributed by atoms with E-state index in [-0.39, 0.29) is 11.4 Å². The number of hydrogen-bond donors (Lipinski definition) is 0. The van der Waals surface area contributed by atoms with Crippen molar-refractivity contribution in [1.82, 2.24) is 15.0 Å². The summed E-state index contributed by atoms with van der Waals surface area (Å²) in [5, 5.41) is 7.75. The molecule has 4 bridgehead atoms. The molecule has 0 atom stereocenters. The Morgan fingerprint density at radius 1 is 1.08 bits per heavy atom. The van der Waals surface area contributed by atoms with Crippen molar-refractivity contribution in [3.8, 4) is 5.69 Å². The smallest absolute Gasteiger partial charge is 0.338 e. The topological polar surface area (TPSA) is 57.0 Å². The number of rotatable bonds is 4. The van der Waals surface area contributed by atoms with Crippen LogP contribution in [0.5, 0.6) is 0 Å². The van der Waals surface area contributed by atoms with Crippen LogP contribution in [-0.2, 0) is 4.74 Å². The largest absolute Gasteiger partial charge is 0.462 e. The highest BCUT2D eigenvalue weighted by Gasteiger charge is 2.51. The molecule has 0 spiro atoms. The maximum atomic E-state index is 12.5. The van der Waals surface area contributed by atoms with Crippen LogP contribution in [0.3, 0.4) is 0 Å². The summed E-state index contributed by atoms with van der Waals surface area (Å²) in [5.74, 6) is 2.44. The van der Waals surface area contributed by atoms with Crippen LogP contribution in [0.4, 0.5) is 0 Å². The highest BCUT2D eigenvalue weighted by Crippen LogP contribution is 2.60. The molecule has 2 aromatic rings. The minimum atomic E-state index is -0.208. The lowest BCUT2D eigenvalue weighted by atomic mass is 9.50. The van der Waals surface area contributed by atoms with Crippen LogP contribution in [0.2, 0.25) is 0 Å². The molecule has 1 heterocycles. The quantitative estimate of drug-likeness (QED) is 0.799. The highest BCUT2D eigenvalue weighted by molar-refractivity contribution is 5.89. The maximum absolute atomic E-state index is 12.5. The van der Waals surface area contributed by atoms with Crippen molar-refractivity contribution in [3.63, 3.8) is 0 Å². The van der Waals surface area contributed by atoms with Crippen LogP contribution in [0.15, 0.2) is 36.7 Å². The molecule has 25 heavy (non-hydrogen) atoms. The van der Waals surface area contributed by atoms with E-state index in [4.69, 9.17) is 4.74 Å². The molecule has 6 rings (SSSR count). The van der Waals surface area contributed by atoms with Gasteiger partial charge in [0, 0.05) is 5.41 Å². The molecule has 5 heteroatoms. The Morgan fingerprint density at radius 2 is 1.72 bits per heavy atom. The molecule has 0 N–H and O–H groups in total. The maximum Gasteiger partial charge on any atom is 0.338 e. The standard InChI is InChI=1S/C20H23N3O2/c24-19(17-1-3-18(4-2-17)23-6-5-21-22-23)25-13-20-10-14-7-15(11-20)9-16(8-14)12-20/h1-6,14-16H,7-13H2. The van der Waals surface area contributed by atoms with Gasteiger partial charge < -0.3 is 4.74 Å². The summed E-state index contributed by atoms with van der Waals surface area (Å²) in [5.41, 5.74) is 1.76. The number of carbonyl (C=O) groups is 1. The second-order valence-electron chi connectivity index (χ2n) is 8.39. The molecule has 5 nitrogen and oxygen atoms in total. The van der Waals surface area contributed by atoms with Gasteiger partial charge >= 0.3 is 5.97 Å². The summed E-state index contributed by atoms with van der Waals surface area (Å²) in [6.45, 7) is 0.597. The first-order chi connectivity index (χ1) is 12.2. The van der Waals surface area contributed by atoms with Gasteiger partial charge in [-0.1, -0.05) is 5.21 Å². The van der Waals surface area contributed by atoms with Crippen molar-refractivity contribution in [2.24, 2.45) is 23.2 Å². The first-order valence-electron chi connectivity index (χ1n) is 9.33. The Labute approximate surface area is 147 Å². The van der Waals surface area contributed by atoms with E-state index in [0.29, 0.717) is 12.2 Å². The van der Waals surface area contributed by atoms with Crippen LogP contribution >= 0.6 is 0 Å². The lowest BCUT2D eigenvalue weighted by Gasteiger charge is -2.56. The molecule has 4 aliphatic rings. The first kappa shape index (κ1) is 15.1. The molecular weight excluding hydrogens is 314 g/mol. The monoisotopic (exact) mass is 337 g/mol. The van der Waals surface area contributed by atoms with Gasteiger partial charge in [0.15, 0.2) is 0 Å². The number of esters is 1. The van der Waals surface area contributed by atoms with E-state index in [2.05, 4.69) is 10.3 Å². The van der Waals surface area contributed by atoms with E-state index in [1.165, 1.54) is 38.5 Å². The van der Waals surface area contributed by atoms with Gasteiger partial charge in [0.1, 0.15) is 0 Å². The van der Waals surface area contributed by atoms with Crippen molar-refractivity contribution in [2.75, 3.05) is 6.61 Å². The van der Waals surface area contributed by atoms with Crippen molar-refractivity contribution in [2.45, 2.75) is 38.5 Å². The normalized spacial score (nSPS) is 32.7. The van der Waals surface area contributed by atoms with Gasteiger partial charge in [-0.3, -0.25) is 0 Å². The Hall–Kier alpha value is -2.17. The van der Waals surface area contributed by atoms with Crippen molar-refractivity contribution in [3.05, 3.63) is 42.2 Å². The third-order valence-corrected chi connectivity index (χ3v) is 6.46. The van der Waals surface area contributed by atoms with Crippen LogP contribution in [0, 0.1) is 23.2 Å². The average molecular weight is 337 g/mol. The Morgan fingerprint density at radius 3 is 2.28 bits per heavy atom. The third kappa shape index (κ3) is 2.75. The Balaban J connectivity index is 1.25. The van der Waals surface area contributed by atoms with Gasteiger partial charge in [-0.2, -0.15) is 0 Å². The molecule has 0 saturated heterocycles. The zero-order valence-corrected chi connectivity index (χ0v) is 14.3. The third-order valence-electron chi connectivity index (χ3n) is 6.46. The predicted molar refractivity (Wildman–Crippen MR) is 92.2 cm³/mol. The number of aromatic nitrogens is 3. The fourth-order valence-corrected chi connectivity index (χ4v) is 5.86. The van der Waals surface area contributed by atoms with E-state index in [1.54, 1.807) is 29.2 Å². The van der Waals surface area contributed by atoms with Gasteiger partial charge in [-0.25, -0.2) is 9.48 Å². The average Bonchev–Trinajstić information content (AvgIpc) is 3.13. The van der Waals surface area contributed by atoms with Crippen LogP contribution in [0.25, 0.3) is 5.69 Å². The lowest BCUT2D eigenvalue weighted by molar-refractivity contribution is -0.0848. The molecule has 0 unspecified atom stereocenters. The molecule has 1 aromatic carbocycles. The van der Waals surface area contributed by atoms with E-state index < -0.39 is 0 Å². The van der Waals surface area contributed by atoms with Gasteiger partial charge in [-0.05, 0) is 80.5 Å². The van der Waals surface area contributed by atoms with Crippen LogP contribution in [0.1, 0.15) is 48.9 Å². The molecule has 0 amide bonds. The summed E-state index contributed by atoms with van der Waals surface area (Å²) in [6.07, 6.45) is 11.4. The van der Waals surface area contributed by atoms with Crippen molar-refractivity contribution in [1.29, 1.82) is 0 Å². The molecule has 0 aliphatic heterocycles. The zero-order chi connectivity index (χ0) is 16.9. The SMILES string of the molecule is O=C(OCC12CC3CC(CC(C3)C1)C2)c1ccc(-n2ccnn2)cc1.